The fourth-order valence-electron chi connectivity index (χ4n) is 1.49. The molecule has 2 aromatic rings. The van der Waals surface area contributed by atoms with Gasteiger partial charge in [0.05, 0.1) is 0 Å². The summed E-state index contributed by atoms with van der Waals surface area (Å²) in [6.07, 6.45) is 0. The minimum atomic E-state index is 0.594. The highest BCUT2D eigenvalue weighted by atomic mass is 79.9. The van der Waals surface area contributed by atoms with E-state index in [4.69, 9.17) is 16.3 Å². The molecule has 0 aliphatic heterocycles. The highest BCUT2D eigenvalue weighted by Crippen LogP contribution is 2.17. The minimum absolute atomic E-state index is 0.594. The van der Waals surface area contributed by atoms with E-state index in [0.29, 0.717) is 11.6 Å². The van der Waals surface area contributed by atoms with E-state index < -0.39 is 0 Å². The van der Waals surface area contributed by atoms with Gasteiger partial charge in [0.25, 0.3) is 0 Å². The van der Waals surface area contributed by atoms with Crippen LogP contribution in [0.3, 0.4) is 0 Å². The van der Waals surface area contributed by atoms with E-state index in [9.17, 15) is 0 Å². The smallest absolute Gasteiger partial charge is 0.120 e. The lowest BCUT2D eigenvalue weighted by molar-refractivity contribution is 0.333. The first-order valence-corrected chi connectivity index (χ1v) is 6.79. The zero-order valence-electron chi connectivity index (χ0n) is 9.70. The van der Waals surface area contributed by atoms with Crippen LogP contribution in [0.15, 0.2) is 53.0 Å². The predicted molar refractivity (Wildman–Crippen MR) is 79.6 cm³/mol. The van der Waals surface area contributed by atoms with Crippen molar-refractivity contribution in [2.75, 3.05) is 18.5 Å². The van der Waals surface area contributed by atoms with Crippen molar-refractivity contribution < 1.29 is 4.74 Å². The third-order valence-corrected chi connectivity index (χ3v) is 3.10. The standard InChI is InChI=1S/C14H13BrClNO/c15-11-4-6-13(7-5-11)17-8-9-18-14-3-1-2-12(16)10-14/h1-7,10,17H,8-9H2. The third kappa shape index (κ3) is 4.24. The van der Waals surface area contributed by atoms with Crippen LogP contribution in [0.1, 0.15) is 0 Å². The quantitative estimate of drug-likeness (QED) is 0.811. The van der Waals surface area contributed by atoms with Gasteiger partial charge in [0.1, 0.15) is 12.4 Å². The summed E-state index contributed by atoms with van der Waals surface area (Å²) in [6.45, 7) is 1.34. The first-order chi connectivity index (χ1) is 8.74. The summed E-state index contributed by atoms with van der Waals surface area (Å²) >= 11 is 9.27. The van der Waals surface area contributed by atoms with Crippen LogP contribution in [-0.2, 0) is 0 Å². The van der Waals surface area contributed by atoms with Gasteiger partial charge < -0.3 is 10.1 Å². The molecule has 0 saturated carbocycles. The molecule has 0 aliphatic rings. The zero-order valence-corrected chi connectivity index (χ0v) is 12.0. The Hall–Kier alpha value is -1.19. The maximum Gasteiger partial charge on any atom is 0.120 e. The molecule has 0 radical (unpaired) electrons. The van der Waals surface area contributed by atoms with Crippen molar-refractivity contribution in [2.45, 2.75) is 0 Å². The molecule has 0 spiro atoms. The van der Waals surface area contributed by atoms with E-state index in [1.807, 2.05) is 42.5 Å². The number of anilines is 1. The molecule has 0 fully saturated rings. The summed E-state index contributed by atoms with van der Waals surface area (Å²) in [6, 6.07) is 15.4. The summed E-state index contributed by atoms with van der Waals surface area (Å²) in [5.41, 5.74) is 1.08. The normalized spacial score (nSPS) is 10.1. The van der Waals surface area contributed by atoms with Crippen LogP contribution in [-0.4, -0.2) is 13.2 Å². The highest BCUT2D eigenvalue weighted by molar-refractivity contribution is 9.10. The lowest BCUT2D eigenvalue weighted by Gasteiger charge is -2.08. The Morgan fingerprint density at radius 2 is 1.89 bits per heavy atom. The molecule has 0 heterocycles. The molecule has 0 unspecified atom stereocenters. The Balaban J connectivity index is 1.74. The molecule has 4 heteroatoms. The Labute approximate surface area is 120 Å². The van der Waals surface area contributed by atoms with E-state index in [1.165, 1.54) is 0 Å². The van der Waals surface area contributed by atoms with Gasteiger partial charge in [-0.2, -0.15) is 0 Å². The predicted octanol–water partition coefficient (Wildman–Crippen LogP) is 4.59. The number of hydrogen-bond acceptors (Lipinski definition) is 2. The maximum atomic E-state index is 5.87. The van der Waals surface area contributed by atoms with Crippen LogP contribution in [0.2, 0.25) is 5.02 Å². The average molecular weight is 327 g/mol. The third-order valence-electron chi connectivity index (χ3n) is 2.34. The molecule has 1 N–H and O–H groups in total. The first kappa shape index (κ1) is 13.2. The number of halogens is 2. The van der Waals surface area contributed by atoms with Crippen molar-refractivity contribution in [1.29, 1.82) is 0 Å². The lowest BCUT2D eigenvalue weighted by Crippen LogP contribution is -2.11. The van der Waals surface area contributed by atoms with Gasteiger partial charge in [-0.25, -0.2) is 0 Å². The first-order valence-electron chi connectivity index (χ1n) is 5.62. The van der Waals surface area contributed by atoms with Crippen LogP contribution in [0.5, 0.6) is 5.75 Å². The fourth-order valence-corrected chi connectivity index (χ4v) is 1.93. The summed E-state index contributed by atoms with van der Waals surface area (Å²) < 4.78 is 6.65. The number of hydrogen-bond donors (Lipinski definition) is 1. The van der Waals surface area contributed by atoms with Gasteiger partial charge in [0.2, 0.25) is 0 Å². The van der Waals surface area contributed by atoms with Crippen LogP contribution in [0.4, 0.5) is 5.69 Å². The molecule has 2 rings (SSSR count). The molecule has 2 aromatic carbocycles. The molecule has 0 amide bonds. The zero-order chi connectivity index (χ0) is 12.8. The molecule has 0 aromatic heterocycles. The van der Waals surface area contributed by atoms with Crippen LogP contribution >= 0.6 is 27.5 Å². The Morgan fingerprint density at radius 1 is 1.11 bits per heavy atom. The minimum Gasteiger partial charge on any atom is -0.492 e. The van der Waals surface area contributed by atoms with Gasteiger partial charge >= 0.3 is 0 Å². The van der Waals surface area contributed by atoms with E-state index >= 15 is 0 Å². The summed E-state index contributed by atoms with van der Waals surface area (Å²) in [7, 11) is 0. The second-order valence-corrected chi connectivity index (χ2v) is 5.09. The van der Waals surface area contributed by atoms with Crippen molar-refractivity contribution in [3.05, 3.63) is 58.0 Å². The largest absolute Gasteiger partial charge is 0.492 e. The van der Waals surface area contributed by atoms with Gasteiger partial charge in [-0.1, -0.05) is 33.6 Å². The van der Waals surface area contributed by atoms with Crippen molar-refractivity contribution in [2.24, 2.45) is 0 Å². The van der Waals surface area contributed by atoms with Gasteiger partial charge in [-0.05, 0) is 42.5 Å². The number of nitrogens with one attached hydrogen (secondary N) is 1. The van der Waals surface area contributed by atoms with E-state index in [2.05, 4.69) is 21.2 Å². The molecule has 0 aliphatic carbocycles. The van der Waals surface area contributed by atoms with Crippen LogP contribution in [0.25, 0.3) is 0 Å². The van der Waals surface area contributed by atoms with Crippen LogP contribution in [0, 0.1) is 0 Å². The highest BCUT2D eigenvalue weighted by Gasteiger charge is 1.95. The van der Waals surface area contributed by atoms with Crippen molar-refractivity contribution in [3.8, 4) is 5.75 Å². The Kier molecular flexibility index (Phi) is 4.90. The Bertz CT molecular complexity index is 501. The average Bonchev–Trinajstić information content (AvgIpc) is 2.37. The molecular formula is C14H13BrClNO. The van der Waals surface area contributed by atoms with Gasteiger partial charge in [0.15, 0.2) is 0 Å². The van der Waals surface area contributed by atoms with E-state index in [-0.39, 0.29) is 0 Å². The number of ether oxygens (including phenoxy) is 1. The monoisotopic (exact) mass is 325 g/mol. The number of benzene rings is 2. The van der Waals surface area contributed by atoms with Gasteiger partial charge in [-0.15, -0.1) is 0 Å². The van der Waals surface area contributed by atoms with Crippen molar-refractivity contribution in [3.63, 3.8) is 0 Å². The maximum absolute atomic E-state index is 5.87. The second-order valence-electron chi connectivity index (χ2n) is 3.74. The fraction of sp³-hybridized carbons (Fsp3) is 0.143. The van der Waals surface area contributed by atoms with Gasteiger partial charge in [-0.3, -0.25) is 0 Å². The topological polar surface area (TPSA) is 21.3 Å². The molecule has 0 saturated heterocycles. The molecule has 2 nitrogen and oxygen atoms in total. The summed E-state index contributed by atoms with van der Waals surface area (Å²) in [5, 5.41) is 3.97. The molecule has 18 heavy (non-hydrogen) atoms. The summed E-state index contributed by atoms with van der Waals surface area (Å²) in [4.78, 5) is 0. The van der Waals surface area contributed by atoms with Crippen molar-refractivity contribution >= 4 is 33.2 Å². The Morgan fingerprint density at radius 3 is 2.61 bits per heavy atom. The molecule has 94 valence electrons. The van der Waals surface area contributed by atoms with Crippen molar-refractivity contribution in [1.82, 2.24) is 0 Å². The molecular weight excluding hydrogens is 314 g/mol. The SMILES string of the molecule is Clc1cccc(OCCNc2ccc(Br)cc2)c1. The van der Waals surface area contributed by atoms with E-state index in [0.717, 1.165) is 22.5 Å². The molecule has 0 bridgehead atoms. The molecule has 0 atom stereocenters. The second kappa shape index (κ2) is 6.66. The summed E-state index contributed by atoms with van der Waals surface area (Å²) in [5.74, 6) is 0.792. The lowest BCUT2D eigenvalue weighted by atomic mass is 10.3. The number of rotatable bonds is 5. The van der Waals surface area contributed by atoms with Gasteiger partial charge in [0, 0.05) is 21.7 Å². The van der Waals surface area contributed by atoms with E-state index in [1.54, 1.807) is 6.07 Å². The van der Waals surface area contributed by atoms with Crippen LogP contribution < -0.4 is 10.1 Å².